The third kappa shape index (κ3) is 5.08. The molecule has 184 valence electrons. The number of piperazine rings is 1. The Labute approximate surface area is 204 Å². The van der Waals surface area contributed by atoms with E-state index in [4.69, 9.17) is 9.47 Å². The van der Waals surface area contributed by atoms with Crippen molar-refractivity contribution in [1.29, 1.82) is 0 Å². The lowest BCUT2D eigenvalue weighted by Gasteiger charge is -2.34. The van der Waals surface area contributed by atoms with Gasteiger partial charge >= 0.3 is 0 Å². The summed E-state index contributed by atoms with van der Waals surface area (Å²) in [5.41, 5.74) is 0.648. The van der Waals surface area contributed by atoms with E-state index in [1.54, 1.807) is 18.3 Å². The average Bonchev–Trinajstić information content (AvgIpc) is 2.89. The molecule has 0 spiro atoms. The van der Waals surface area contributed by atoms with Crippen LogP contribution in [0.15, 0.2) is 76.6 Å². The number of nitrogens with zero attached hydrogens (tertiary/aromatic N) is 3. The second-order valence-corrected chi connectivity index (χ2v) is 9.99. The van der Waals surface area contributed by atoms with Crippen LogP contribution in [0.3, 0.4) is 0 Å². The Morgan fingerprint density at radius 3 is 2.23 bits per heavy atom. The summed E-state index contributed by atoms with van der Waals surface area (Å²) in [6.07, 6.45) is 1.65. The van der Waals surface area contributed by atoms with Crippen LogP contribution < -0.4 is 15.0 Å². The quantitative estimate of drug-likeness (QED) is 0.496. The van der Waals surface area contributed by atoms with E-state index in [2.05, 4.69) is 0 Å². The molecule has 0 atom stereocenters. The number of carbonyl (C=O) groups excluding carboxylic acids is 1. The first-order chi connectivity index (χ1) is 16.8. The number of aromatic nitrogens is 1. The number of benzene rings is 2. The molecule has 0 N–H and O–H groups in total. The molecule has 0 saturated carbocycles. The van der Waals surface area contributed by atoms with Gasteiger partial charge in [-0.25, -0.2) is 8.42 Å². The van der Waals surface area contributed by atoms with Crippen molar-refractivity contribution < 1.29 is 22.7 Å². The standard InChI is InChI=1S/C25H27N3O6S/c1-33-22-11-10-20(17-23(22)34-2)35(31,32)28-15-13-26(14-16-28)24(29)21-9-6-12-27(25(21)30)18-19-7-4-3-5-8-19/h3-12,17H,13-16,18H2,1-2H3. The first-order valence-corrected chi connectivity index (χ1v) is 12.5. The number of carbonyl (C=O) groups is 1. The molecule has 2 aromatic carbocycles. The van der Waals surface area contributed by atoms with Gasteiger partial charge in [-0.15, -0.1) is 0 Å². The van der Waals surface area contributed by atoms with Gasteiger partial charge in [-0.1, -0.05) is 30.3 Å². The molecule has 35 heavy (non-hydrogen) atoms. The topological polar surface area (TPSA) is 98.2 Å². The molecule has 1 aliphatic rings. The first-order valence-electron chi connectivity index (χ1n) is 11.1. The van der Waals surface area contributed by atoms with Crippen LogP contribution in [0.4, 0.5) is 0 Å². The molecule has 1 saturated heterocycles. The van der Waals surface area contributed by atoms with Crippen molar-refractivity contribution in [3.05, 3.63) is 88.3 Å². The summed E-state index contributed by atoms with van der Waals surface area (Å²) in [6, 6.07) is 17.1. The molecule has 0 radical (unpaired) electrons. The molecule has 1 aromatic heterocycles. The smallest absolute Gasteiger partial charge is 0.263 e. The van der Waals surface area contributed by atoms with Crippen molar-refractivity contribution in [1.82, 2.24) is 13.8 Å². The molecule has 2 heterocycles. The van der Waals surface area contributed by atoms with Crippen LogP contribution in [0.5, 0.6) is 11.5 Å². The summed E-state index contributed by atoms with van der Waals surface area (Å²) in [7, 11) is -0.871. The van der Waals surface area contributed by atoms with Gasteiger partial charge in [0.25, 0.3) is 11.5 Å². The monoisotopic (exact) mass is 497 g/mol. The predicted octanol–water partition coefficient (Wildman–Crippen LogP) is 2.06. The van der Waals surface area contributed by atoms with E-state index in [1.165, 1.54) is 46.2 Å². The van der Waals surface area contributed by atoms with Gasteiger partial charge in [0, 0.05) is 38.4 Å². The van der Waals surface area contributed by atoms with Crippen LogP contribution >= 0.6 is 0 Å². The Hall–Kier alpha value is -3.63. The zero-order valence-electron chi connectivity index (χ0n) is 19.6. The fourth-order valence-corrected chi connectivity index (χ4v) is 5.47. The number of rotatable bonds is 7. The maximum atomic E-state index is 13.1. The first kappa shape index (κ1) is 24.5. The highest BCUT2D eigenvalue weighted by atomic mass is 32.2. The molecular weight excluding hydrogens is 470 g/mol. The Morgan fingerprint density at radius 1 is 0.886 bits per heavy atom. The summed E-state index contributed by atoms with van der Waals surface area (Å²) >= 11 is 0. The van der Waals surface area contributed by atoms with Crippen LogP contribution in [0, 0.1) is 0 Å². The second kappa shape index (κ2) is 10.3. The maximum absolute atomic E-state index is 13.1. The summed E-state index contributed by atoms with van der Waals surface area (Å²) in [4.78, 5) is 27.7. The number of ether oxygens (including phenoxy) is 2. The van der Waals surface area contributed by atoms with E-state index in [-0.39, 0.29) is 42.2 Å². The molecular formula is C25H27N3O6S. The van der Waals surface area contributed by atoms with E-state index in [0.29, 0.717) is 18.0 Å². The van der Waals surface area contributed by atoms with Gasteiger partial charge in [0.1, 0.15) is 5.56 Å². The highest BCUT2D eigenvalue weighted by Crippen LogP contribution is 2.31. The second-order valence-electron chi connectivity index (χ2n) is 8.05. The number of pyridine rings is 1. The van der Waals surface area contributed by atoms with Crippen LogP contribution in [0.25, 0.3) is 0 Å². The summed E-state index contributed by atoms with van der Waals surface area (Å²) in [6.45, 7) is 0.954. The minimum absolute atomic E-state index is 0.0691. The predicted molar refractivity (Wildman–Crippen MR) is 130 cm³/mol. The van der Waals surface area contributed by atoms with Gasteiger partial charge in [0.05, 0.1) is 25.7 Å². The third-order valence-electron chi connectivity index (χ3n) is 5.96. The fourth-order valence-electron chi connectivity index (χ4n) is 4.03. The molecule has 0 bridgehead atoms. The van der Waals surface area contributed by atoms with E-state index in [9.17, 15) is 18.0 Å². The molecule has 1 aliphatic heterocycles. The molecule has 0 aliphatic carbocycles. The number of methoxy groups -OCH3 is 2. The zero-order valence-corrected chi connectivity index (χ0v) is 20.4. The molecule has 9 nitrogen and oxygen atoms in total. The van der Waals surface area contributed by atoms with E-state index in [0.717, 1.165) is 5.56 Å². The van der Waals surface area contributed by atoms with Gasteiger partial charge in [-0.05, 0) is 29.8 Å². The number of amides is 1. The summed E-state index contributed by atoms with van der Waals surface area (Å²) in [5, 5.41) is 0. The fraction of sp³-hybridized carbons (Fsp3) is 0.280. The summed E-state index contributed by atoms with van der Waals surface area (Å²) < 4.78 is 39.5. The van der Waals surface area contributed by atoms with Crippen LogP contribution in [0.2, 0.25) is 0 Å². The average molecular weight is 498 g/mol. The molecule has 1 amide bonds. The van der Waals surface area contributed by atoms with Gasteiger partial charge in [-0.2, -0.15) is 4.31 Å². The lowest BCUT2D eigenvalue weighted by Crippen LogP contribution is -2.51. The zero-order chi connectivity index (χ0) is 25.0. The van der Waals surface area contributed by atoms with E-state index >= 15 is 0 Å². The Bertz CT molecular complexity index is 1360. The third-order valence-corrected chi connectivity index (χ3v) is 7.86. The molecule has 1 fully saturated rings. The summed E-state index contributed by atoms with van der Waals surface area (Å²) in [5.74, 6) is 0.349. The minimum atomic E-state index is -3.79. The Balaban J connectivity index is 1.47. The van der Waals surface area contributed by atoms with Crippen molar-refractivity contribution in [3.63, 3.8) is 0 Å². The highest BCUT2D eigenvalue weighted by molar-refractivity contribution is 7.89. The molecule has 4 rings (SSSR count). The lowest BCUT2D eigenvalue weighted by atomic mass is 10.2. The van der Waals surface area contributed by atoms with Crippen molar-refractivity contribution in [2.45, 2.75) is 11.4 Å². The molecule has 10 heteroatoms. The van der Waals surface area contributed by atoms with Crippen LogP contribution in [-0.2, 0) is 16.6 Å². The largest absolute Gasteiger partial charge is 0.493 e. The van der Waals surface area contributed by atoms with Gasteiger partial charge in [-0.3, -0.25) is 9.59 Å². The lowest BCUT2D eigenvalue weighted by molar-refractivity contribution is 0.0695. The van der Waals surface area contributed by atoms with E-state index in [1.807, 2.05) is 30.3 Å². The number of sulfonamides is 1. The normalized spacial score (nSPS) is 14.5. The van der Waals surface area contributed by atoms with Crippen molar-refractivity contribution in [2.24, 2.45) is 0 Å². The van der Waals surface area contributed by atoms with Gasteiger partial charge in [0.15, 0.2) is 11.5 Å². The molecule has 0 unspecified atom stereocenters. The van der Waals surface area contributed by atoms with Gasteiger partial charge in [0.2, 0.25) is 10.0 Å². The maximum Gasteiger partial charge on any atom is 0.263 e. The van der Waals surface area contributed by atoms with E-state index < -0.39 is 15.9 Å². The Morgan fingerprint density at radius 2 is 1.57 bits per heavy atom. The van der Waals surface area contributed by atoms with Crippen LogP contribution in [-0.4, -0.2) is 68.5 Å². The van der Waals surface area contributed by atoms with Crippen molar-refractivity contribution in [2.75, 3.05) is 40.4 Å². The number of hydrogen-bond acceptors (Lipinski definition) is 6. The van der Waals surface area contributed by atoms with Crippen molar-refractivity contribution in [3.8, 4) is 11.5 Å². The molecule has 3 aromatic rings. The van der Waals surface area contributed by atoms with Gasteiger partial charge < -0.3 is 18.9 Å². The Kier molecular flexibility index (Phi) is 7.23. The minimum Gasteiger partial charge on any atom is -0.493 e. The SMILES string of the molecule is COc1ccc(S(=O)(=O)N2CCN(C(=O)c3cccn(Cc4ccccc4)c3=O)CC2)cc1OC. The van der Waals surface area contributed by atoms with Crippen molar-refractivity contribution >= 4 is 15.9 Å². The highest BCUT2D eigenvalue weighted by Gasteiger charge is 2.31. The number of hydrogen-bond donors (Lipinski definition) is 0. The van der Waals surface area contributed by atoms with Crippen LogP contribution in [0.1, 0.15) is 15.9 Å².